The maximum absolute atomic E-state index is 11.8. The topological polar surface area (TPSA) is 110 Å². The van der Waals surface area contributed by atoms with Gasteiger partial charge in [0, 0.05) is 19.3 Å². The molecule has 2 aromatic heterocycles. The van der Waals surface area contributed by atoms with Crippen LogP contribution >= 0.6 is 22.7 Å². The molecule has 2 aromatic rings. The largest absolute Gasteiger partial charge is 0.301 e. The SMILES string of the molecule is CCC(=O)Nc1nnc(CCCCCC(=O)Nc2nnc(C)s2)s1. The fraction of sp³-hybridized carbons (Fsp3) is 0.571. The van der Waals surface area contributed by atoms with E-state index >= 15 is 0 Å². The normalized spacial score (nSPS) is 10.6. The van der Waals surface area contributed by atoms with Gasteiger partial charge in [-0.1, -0.05) is 36.0 Å². The van der Waals surface area contributed by atoms with Crippen LogP contribution < -0.4 is 10.6 Å². The number of anilines is 2. The summed E-state index contributed by atoms with van der Waals surface area (Å²) in [5.74, 6) is -0.0963. The van der Waals surface area contributed by atoms with Crippen molar-refractivity contribution in [2.45, 2.75) is 52.4 Å². The summed E-state index contributed by atoms with van der Waals surface area (Å²) in [4.78, 5) is 23.0. The van der Waals surface area contributed by atoms with Crippen LogP contribution in [0.5, 0.6) is 0 Å². The highest BCUT2D eigenvalue weighted by atomic mass is 32.1. The van der Waals surface area contributed by atoms with Crippen molar-refractivity contribution in [1.29, 1.82) is 0 Å². The lowest BCUT2D eigenvalue weighted by molar-refractivity contribution is -0.117. The van der Waals surface area contributed by atoms with Crippen molar-refractivity contribution < 1.29 is 9.59 Å². The van der Waals surface area contributed by atoms with Crippen molar-refractivity contribution in [3.8, 4) is 0 Å². The lowest BCUT2D eigenvalue weighted by Crippen LogP contribution is -2.10. The van der Waals surface area contributed by atoms with Crippen LogP contribution in [0.25, 0.3) is 0 Å². The number of hydrogen-bond donors (Lipinski definition) is 2. The van der Waals surface area contributed by atoms with E-state index in [4.69, 9.17) is 0 Å². The molecule has 0 spiro atoms. The monoisotopic (exact) mass is 368 g/mol. The van der Waals surface area contributed by atoms with Crippen LogP contribution in [0.3, 0.4) is 0 Å². The van der Waals surface area contributed by atoms with Gasteiger partial charge in [0.25, 0.3) is 0 Å². The molecule has 2 heterocycles. The van der Waals surface area contributed by atoms with Crippen molar-refractivity contribution in [2.24, 2.45) is 0 Å². The molecule has 0 saturated heterocycles. The Morgan fingerprint density at radius 3 is 2.33 bits per heavy atom. The average molecular weight is 368 g/mol. The third-order valence-corrected chi connectivity index (χ3v) is 4.75. The number of hydrogen-bond acceptors (Lipinski definition) is 8. The summed E-state index contributed by atoms with van der Waals surface area (Å²) in [5.41, 5.74) is 0. The Hall–Kier alpha value is -1.94. The second-order valence-electron chi connectivity index (χ2n) is 5.14. The molecule has 0 aliphatic heterocycles. The Bertz CT molecular complexity index is 684. The Labute approximate surface area is 148 Å². The Balaban J connectivity index is 1.59. The number of aromatic nitrogens is 4. The zero-order chi connectivity index (χ0) is 17.4. The highest BCUT2D eigenvalue weighted by Crippen LogP contribution is 2.18. The zero-order valence-corrected chi connectivity index (χ0v) is 15.3. The van der Waals surface area contributed by atoms with Gasteiger partial charge in [0.1, 0.15) is 10.0 Å². The predicted octanol–water partition coefficient (Wildman–Crippen LogP) is 2.79. The summed E-state index contributed by atoms with van der Waals surface area (Å²) in [7, 11) is 0. The number of rotatable bonds is 9. The van der Waals surface area contributed by atoms with Crippen LogP contribution in [0.4, 0.5) is 10.3 Å². The first-order valence-corrected chi connectivity index (χ1v) is 9.42. The molecular weight excluding hydrogens is 348 g/mol. The molecule has 0 aliphatic carbocycles. The number of amides is 2. The van der Waals surface area contributed by atoms with E-state index in [1.807, 2.05) is 6.92 Å². The number of carbonyl (C=O) groups is 2. The van der Waals surface area contributed by atoms with Crippen molar-refractivity contribution in [1.82, 2.24) is 20.4 Å². The van der Waals surface area contributed by atoms with Crippen molar-refractivity contribution in [3.05, 3.63) is 10.0 Å². The summed E-state index contributed by atoms with van der Waals surface area (Å²) >= 11 is 2.76. The molecule has 0 radical (unpaired) electrons. The Morgan fingerprint density at radius 1 is 0.917 bits per heavy atom. The first kappa shape index (κ1) is 18.4. The maximum atomic E-state index is 11.8. The van der Waals surface area contributed by atoms with Crippen LogP contribution in [-0.2, 0) is 16.0 Å². The first-order chi connectivity index (χ1) is 11.6. The standard InChI is InChI=1S/C14H20N6O2S2/c1-3-10(21)15-14-20-18-12(24-14)8-6-4-5-7-11(22)16-13-19-17-9(2)23-13/h3-8H2,1-2H3,(H,15,20,21)(H,16,19,22). The van der Waals surface area contributed by atoms with Crippen LogP contribution in [0, 0.1) is 6.92 Å². The summed E-state index contributed by atoms with van der Waals surface area (Å²) in [6.07, 6.45) is 4.36. The molecule has 2 rings (SSSR count). The van der Waals surface area contributed by atoms with Gasteiger partial charge in [0.15, 0.2) is 0 Å². The highest BCUT2D eigenvalue weighted by molar-refractivity contribution is 7.15. The number of nitrogens with zero attached hydrogens (tertiary/aromatic N) is 4. The minimum absolute atomic E-state index is 0.0355. The van der Waals surface area contributed by atoms with Crippen molar-refractivity contribution in [3.63, 3.8) is 0 Å². The van der Waals surface area contributed by atoms with E-state index in [1.54, 1.807) is 6.92 Å². The van der Waals surface area contributed by atoms with E-state index in [2.05, 4.69) is 31.0 Å². The summed E-state index contributed by atoms with van der Waals surface area (Å²) < 4.78 is 0. The van der Waals surface area contributed by atoms with Gasteiger partial charge < -0.3 is 10.6 Å². The van der Waals surface area contributed by atoms with Gasteiger partial charge in [-0.05, 0) is 19.8 Å². The van der Waals surface area contributed by atoms with Gasteiger partial charge >= 0.3 is 0 Å². The van der Waals surface area contributed by atoms with Gasteiger partial charge in [-0.25, -0.2) is 0 Å². The minimum atomic E-state index is -0.0608. The average Bonchev–Trinajstić information content (AvgIpc) is 3.16. The molecule has 0 atom stereocenters. The third-order valence-electron chi connectivity index (χ3n) is 3.10. The van der Waals surface area contributed by atoms with Crippen LogP contribution in [-0.4, -0.2) is 32.2 Å². The van der Waals surface area contributed by atoms with Gasteiger partial charge in [0.05, 0.1) is 0 Å². The molecule has 2 N–H and O–H groups in total. The van der Waals surface area contributed by atoms with E-state index in [9.17, 15) is 9.59 Å². The number of nitrogens with one attached hydrogen (secondary N) is 2. The number of aryl methyl sites for hydroxylation is 2. The molecule has 2 amide bonds. The number of unbranched alkanes of at least 4 members (excludes halogenated alkanes) is 2. The molecule has 8 nitrogen and oxygen atoms in total. The van der Waals surface area contributed by atoms with E-state index in [-0.39, 0.29) is 11.8 Å². The van der Waals surface area contributed by atoms with Crippen LogP contribution in [0.2, 0.25) is 0 Å². The molecule has 0 aromatic carbocycles. The fourth-order valence-corrected chi connectivity index (χ4v) is 3.29. The second-order valence-corrected chi connectivity index (χ2v) is 7.38. The van der Waals surface area contributed by atoms with Gasteiger partial charge in [-0.2, -0.15) is 0 Å². The smallest absolute Gasteiger partial charge is 0.226 e. The zero-order valence-electron chi connectivity index (χ0n) is 13.7. The predicted molar refractivity (Wildman–Crippen MR) is 94.3 cm³/mol. The molecule has 0 saturated carbocycles. The quantitative estimate of drug-likeness (QED) is 0.659. The highest BCUT2D eigenvalue weighted by Gasteiger charge is 2.08. The van der Waals surface area contributed by atoms with E-state index < -0.39 is 0 Å². The van der Waals surface area contributed by atoms with Gasteiger partial charge in [0.2, 0.25) is 22.1 Å². The third kappa shape index (κ3) is 6.28. The van der Waals surface area contributed by atoms with E-state index in [0.717, 1.165) is 35.7 Å². The molecule has 10 heteroatoms. The van der Waals surface area contributed by atoms with E-state index in [0.29, 0.717) is 23.1 Å². The molecular formula is C14H20N6O2S2. The van der Waals surface area contributed by atoms with Gasteiger partial charge in [-0.15, -0.1) is 20.4 Å². The second kappa shape index (κ2) is 9.38. The lowest BCUT2D eigenvalue weighted by Gasteiger charge is -2.01. The molecule has 0 bridgehead atoms. The van der Waals surface area contributed by atoms with Crippen LogP contribution in [0.15, 0.2) is 0 Å². The molecule has 130 valence electrons. The Morgan fingerprint density at radius 2 is 1.62 bits per heavy atom. The first-order valence-electron chi connectivity index (χ1n) is 7.79. The summed E-state index contributed by atoms with van der Waals surface area (Å²) in [5, 5.41) is 24.0. The fourth-order valence-electron chi connectivity index (χ4n) is 1.88. The number of carbonyl (C=O) groups excluding carboxylic acids is 2. The maximum Gasteiger partial charge on any atom is 0.226 e. The molecule has 0 fully saturated rings. The lowest BCUT2D eigenvalue weighted by atomic mass is 10.1. The summed E-state index contributed by atoms with van der Waals surface area (Å²) in [6, 6.07) is 0. The van der Waals surface area contributed by atoms with Gasteiger partial charge in [-0.3, -0.25) is 9.59 Å². The van der Waals surface area contributed by atoms with Crippen molar-refractivity contribution in [2.75, 3.05) is 10.6 Å². The minimum Gasteiger partial charge on any atom is -0.301 e. The molecule has 0 unspecified atom stereocenters. The Kier molecular flexibility index (Phi) is 7.19. The summed E-state index contributed by atoms with van der Waals surface area (Å²) in [6.45, 7) is 3.64. The van der Waals surface area contributed by atoms with Crippen LogP contribution in [0.1, 0.15) is 49.0 Å². The van der Waals surface area contributed by atoms with E-state index in [1.165, 1.54) is 22.7 Å². The molecule has 24 heavy (non-hydrogen) atoms. The molecule has 0 aliphatic rings. The van der Waals surface area contributed by atoms with Crippen molar-refractivity contribution >= 4 is 44.8 Å².